The van der Waals surface area contributed by atoms with Crippen molar-refractivity contribution in [3.63, 3.8) is 0 Å². The Labute approximate surface area is 139 Å². The minimum absolute atomic E-state index is 0.0803. The minimum Gasteiger partial charge on any atom is -0.369 e. The van der Waals surface area contributed by atoms with Crippen molar-refractivity contribution in [3.05, 3.63) is 59.4 Å². The third-order valence-corrected chi connectivity index (χ3v) is 4.79. The van der Waals surface area contributed by atoms with Crippen LogP contribution in [0.5, 0.6) is 0 Å². The molecule has 4 nitrogen and oxygen atoms in total. The van der Waals surface area contributed by atoms with Crippen LogP contribution < -0.4 is 5.73 Å². The molecule has 1 aliphatic carbocycles. The molecule has 2 N–H and O–H groups in total. The smallest absolute Gasteiger partial charge is 0.201 e. The predicted octanol–water partition coefficient (Wildman–Crippen LogP) is 4.10. The highest BCUT2D eigenvalue weighted by Crippen LogP contribution is 2.34. The van der Waals surface area contributed by atoms with Crippen LogP contribution in [0, 0.1) is 5.82 Å². The van der Waals surface area contributed by atoms with Crippen molar-refractivity contribution in [2.45, 2.75) is 31.7 Å². The zero-order chi connectivity index (χ0) is 16.7. The zero-order valence-corrected chi connectivity index (χ0v) is 13.2. The molecule has 3 aromatic rings. The van der Waals surface area contributed by atoms with Gasteiger partial charge in [-0.1, -0.05) is 25.0 Å². The second-order valence-electron chi connectivity index (χ2n) is 6.29. The van der Waals surface area contributed by atoms with Crippen LogP contribution in [0.2, 0.25) is 0 Å². The average Bonchev–Trinajstić information content (AvgIpc) is 3.20. The summed E-state index contributed by atoms with van der Waals surface area (Å²) in [5, 5.41) is 0. The largest absolute Gasteiger partial charge is 0.369 e. The topological polar surface area (TPSA) is 60.9 Å². The van der Waals surface area contributed by atoms with Crippen LogP contribution in [0.25, 0.3) is 11.0 Å². The van der Waals surface area contributed by atoms with E-state index in [2.05, 4.69) is 4.98 Å². The number of ketones is 1. The van der Waals surface area contributed by atoms with E-state index < -0.39 is 5.82 Å². The van der Waals surface area contributed by atoms with Crippen molar-refractivity contribution in [1.29, 1.82) is 0 Å². The van der Waals surface area contributed by atoms with Crippen molar-refractivity contribution in [2.75, 3.05) is 5.73 Å². The number of benzene rings is 2. The molecule has 1 fully saturated rings. The zero-order valence-electron chi connectivity index (χ0n) is 13.2. The average molecular weight is 323 g/mol. The van der Waals surface area contributed by atoms with Crippen molar-refractivity contribution in [2.24, 2.45) is 0 Å². The maximum atomic E-state index is 13.9. The van der Waals surface area contributed by atoms with Crippen LogP contribution in [-0.4, -0.2) is 15.3 Å². The van der Waals surface area contributed by atoms with Crippen molar-refractivity contribution in [3.8, 4) is 0 Å². The molecule has 0 spiro atoms. The van der Waals surface area contributed by atoms with Gasteiger partial charge in [-0.3, -0.25) is 4.79 Å². The molecule has 5 heteroatoms. The molecule has 0 saturated heterocycles. The summed E-state index contributed by atoms with van der Waals surface area (Å²) in [5.74, 6) is -0.355. The van der Waals surface area contributed by atoms with E-state index in [1.54, 1.807) is 30.3 Å². The molecule has 0 bridgehead atoms. The number of hydrogen-bond acceptors (Lipinski definition) is 3. The third kappa shape index (κ3) is 2.37. The first-order valence-electron chi connectivity index (χ1n) is 8.22. The molecule has 0 radical (unpaired) electrons. The van der Waals surface area contributed by atoms with Crippen molar-refractivity contribution < 1.29 is 9.18 Å². The molecule has 0 amide bonds. The predicted molar refractivity (Wildman–Crippen MR) is 91.5 cm³/mol. The number of carbonyl (C=O) groups excluding carboxylic acids is 1. The first-order valence-corrected chi connectivity index (χ1v) is 8.22. The van der Waals surface area contributed by atoms with E-state index >= 15 is 0 Å². The Balaban J connectivity index is 1.82. The van der Waals surface area contributed by atoms with Gasteiger partial charge in [0.25, 0.3) is 0 Å². The number of nitrogen functional groups attached to an aromatic ring is 1. The summed E-state index contributed by atoms with van der Waals surface area (Å²) in [6.45, 7) is 0. The lowest BCUT2D eigenvalue weighted by molar-refractivity contribution is 0.103. The highest BCUT2D eigenvalue weighted by molar-refractivity contribution is 6.10. The molecule has 2 aromatic carbocycles. The van der Waals surface area contributed by atoms with Gasteiger partial charge < -0.3 is 10.3 Å². The van der Waals surface area contributed by atoms with Gasteiger partial charge in [0.15, 0.2) is 5.78 Å². The van der Waals surface area contributed by atoms with E-state index in [1.165, 1.54) is 25.0 Å². The number of nitrogens with two attached hydrogens (primary N) is 1. The third-order valence-electron chi connectivity index (χ3n) is 4.79. The number of fused-ring (bicyclic) bond motifs is 1. The molecule has 122 valence electrons. The number of nitrogens with zero attached hydrogens (tertiary/aromatic N) is 2. The van der Waals surface area contributed by atoms with Crippen LogP contribution in [-0.2, 0) is 0 Å². The lowest BCUT2D eigenvalue weighted by Gasteiger charge is -2.14. The van der Waals surface area contributed by atoms with Gasteiger partial charge in [0, 0.05) is 11.6 Å². The molecule has 1 aliphatic rings. The van der Waals surface area contributed by atoms with E-state index in [4.69, 9.17) is 5.73 Å². The van der Waals surface area contributed by atoms with E-state index in [-0.39, 0.29) is 11.3 Å². The number of rotatable bonds is 3. The number of carbonyl (C=O) groups is 1. The number of imidazole rings is 1. The first-order chi connectivity index (χ1) is 11.6. The van der Waals surface area contributed by atoms with Gasteiger partial charge in [0.1, 0.15) is 5.82 Å². The van der Waals surface area contributed by atoms with E-state index in [1.807, 2.05) is 4.57 Å². The van der Waals surface area contributed by atoms with Crippen molar-refractivity contribution >= 4 is 22.8 Å². The van der Waals surface area contributed by atoms with Gasteiger partial charge in [0.2, 0.25) is 5.95 Å². The Morgan fingerprint density at radius 2 is 1.92 bits per heavy atom. The summed E-state index contributed by atoms with van der Waals surface area (Å²) in [6, 6.07) is 11.6. The molecule has 1 saturated carbocycles. The van der Waals surface area contributed by atoms with Gasteiger partial charge >= 0.3 is 0 Å². The Morgan fingerprint density at radius 1 is 1.17 bits per heavy atom. The summed E-state index contributed by atoms with van der Waals surface area (Å²) in [5.41, 5.74) is 8.25. The quantitative estimate of drug-likeness (QED) is 0.738. The van der Waals surface area contributed by atoms with Crippen LogP contribution >= 0.6 is 0 Å². The second-order valence-corrected chi connectivity index (χ2v) is 6.29. The maximum absolute atomic E-state index is 13.9. The minimum atomic E-state index is -0.508. The number of aromatic nitrogens is 2. The molecular formula is C19H18FN3O. The van der Waals surface area contributed by atoms with E-state index in [0.717, 1.165) is 23.9 Å². The Kier molecular flexibility index (Phi) is 3.56. The number of halogens is 1. The molecule has 4 rings (SSSR count). The summed E-state index contributed by atoms with van der Waals surface area (Å²) >= 11 is 0. The van der Waals surface area contributed by atoms with Gasteiger partial charge in [-0.15, -0.1) is 0 Å². The summed E-state index contributed by atoms with van der Waals surface area (Å²) < 4.78 is 15.9. The summed E-state index contributed by atoms with van der Waals surface area (Å²) in [4.78, 5) is 17.1. The fraction of sp³-hybridized carbons (Fsp3) is 0.263. The second kappa shape index (κ2) is 5.74. The highest BCUT2D eigenvalue weighted by Gasteiger charge is 2.22. The molecule has 1 aromatic heterocycles. The normalized spacial score (nSPS) is 15.2. The first kappa shape index (κ1) is 14.9. The van der Waals surface area contributed by atoms with Crippen molar-refractivity contribution in [1.82, 2.24) is 9.55 Å². The van der Waals surface area contributed by atoms with Gasteiger partial charge in [0.05, 0.1) is 16.6 Å². The molecule has 1 heterocycles. The van der Waals surface area contributed by atoms with Gasteiger partial charge in [-0.2, -0.15) is 0 Å². The number of hydrogen-bond donors (Lipinski definition) is 1. The SMILES string of the molecule is Nc1nc2ccc(C(=O)c3ccccc3F)cc2n1C1CCCC1. The van der Waals surface area contributed by atoms with Crippen LogP contribution in [0.15, 0.2) is 42.5 Å². The Bertz CT molecular complexity index is 926. The molecule has 0 atom stereocenters. The number of anilines is 1. The lowest BCUT2D eigenvalue weighted by Crippen LogP contribution is -2.09. The monoisotopic (exact) mass is 323 g/mol. The van der Waals surface area contributed by atoms with Gasteiger partial charge in [-0.05, 0) is 43.2 Å². The van der Waals surface area contributed by atoms with E-state index in [0.29, 0.717) is 17.6 Å². The molecular weight excluding hydrogens is 305 g/mol. The molecule has 24 heavy (non-hydrogen) atoms. The fourth-order valence-electron chi connectivity index (χ4n) is 3.60. The molecule has 0 unspecified atom stereocenters. The van der Waals surface area contributed by atoms with Crippen LogP contribution in [0.4, 0.5) is 10.3 Å². The maximum Gasteiger partial charge on any atom is 0.201 e. The fourth-order valence-corrected chi connectivity index (χ4v) is 3.60. The standard InChI is InChI=1S/C19H18FN3O/c20-15-8-4-3-7-14(15)18(24)12-9-10-16-17(11-12)23(19(21)22-16)13-5-1-2-6-13/h3-4,7-11,13H,1-2,5-6H2,(H2,21,22). The van der Waals surface area contributed by atoms with Crippen LogP contribution in [0.3, 0.4) is 0 Å². The van der Waals surface area contributed by atoms with Gasteiger partial charge in [-0.25, -0.2) is 9.37 Å². The highest BCUT2D eigenvalue weighted by atomic mass is 19.1. The lowest BCUT2D eigenvalue weighted by atomic mass is 10.0. The molecule has 0 aliphatic heterocycles. The van der Waals surface area contributed by atoms with E-state index in [9.17, 15) is 9.18 Å². The Hall–Kier alpha value is -2.69. The van der Waals surface area contributed by atoms with Crippen LogP contribution in [0.1, 0.15) is 47.6 Å². The summed E-state index contributed by atoms with van der Waals surface area (Å²) in [7, 11) is 0. The Morgan fingerprint density at radius 3 is 2.67 bits per heavy atom. The summed E-state index contributed by atoms with van der Waals surface area (Å²) in [6.07, 6.45) is 4.50.